The van der Waals surface area contributed by atoms with E-state index >= 15 is 0 Å². The second-order valence-electron chi connectivity index (χ2n) is 4.75. The Bertz CT molecular complexity index is 664. The fourth-order valence-electron chi connectivity index (χ4n) is 2.26. The van der Waals surface area contributed by atoms with Gasteiger partial charge in [0.25, 0.3) is 0 Å². The lowest BCUT2D eigenvalue weighted by Gasteiger charge is -2.09. The van der Waals surface area contributed by atoms with Crippen LogP contribution in [-0.4, -0.2) is 35.7 Å². The average Bonchev–Trinajstić information content (AvgIpc) is 2.98. The maximum atomic E-state index is 11.4. The molecule has 1 N–H and O–H groups in total. The Balaban J connectivity index is 1.73. The van der Waals surface area contributed by atoms with E-state index in [9.17, 15) is 8.42 Å². The standard InChI is InChI=1S/C13H15N3O2S/c17-19(18)7-6-11(10-19)15-12-8-14-16(9-12)13-4-2-1-3-5-13/h1-5,8-9,11,15H,6-7,10H2. The van der Waals surface area contributed by atoms with Crippen LogP contribution in [0.1, 0.15) is 6.42 Å². The van der Waals surface area contributed by atoms with Gasteiger partial charge in [0, 0.05) is 6.04 Å². The lowest BCUT2D eigenvalue weighted by Crippen LogP contribution is -2.20. The van der Waals surface area contributed by atoms with Gasteiger partial charge in [-0.2, -0.15) is 5.10 Å². The van der Waals surface area contributed by atoms with Gasteiger partial charge in [-0.05, 0) is 18.6 Å². The Morgan fingerprint density at radius 3 is 2.74 bits per heavy atom. The van der Waals surface area contributed by atoms with Crippen LogP contribution >= 0.6 is 0 Å². The van der Waals surface area contributed by atoms with Gasteiger partial charge in [0.15, 0.2) is 9.84 Å². The van der Waals surface area contributed by atoms with Gasteiger partial charge in [-0.15, -0.1) is 0 Å². The number of nitrogens with one attached hydrogen (secondary N) is 1. The smallest absolute Gasteiger partial charge is 0.152 e. The van der Waals surface area contributed by atoms with Crippen molar-refractivity contribution in [3.05, 3.63) is 42.7 Å². The van der Waals surface area contributed by atoms with E-state index in [2.05, 4.69) is 10.4 Å². The Hall–Kier alpha value is -1.82. The minimum absolute atomic E-state index is 0.00146. The molecule has 0 bridgehead atoms. The third-order valence-electron chi connectivity index (χ3n) is 3.21. The Morgan fingerprint density at radius 2 is 2.05 bits per heavy atom. The molecule has 1 aromatic carbocycles. The van der Waals surface area contributed by atoms with Gasteiger partial charge in [-0.1, -0.05) is 18.2 Å². The first-order valence-corrected chi connectivity index (χ1v) is 8.02. The predicted octanol–water partition coefficient (Wildman–Crippen LogP) is 1.47. The highest BCUT2D eigenvalue weighted by molar-refractivity contribution is 7.91. The molecule has 5 nitrogen and oxygen atoms in total. The molecule has 0 spiro atoms. The summed E-state index contributed by atoms with van der Waals surface area (Å²) in [5.41, 5.74) is 1.83. The Labute approximate surface area is 112 Å². The van der Waals surface area contributed by atoms with Crippen molar-refractivity contribution in [2.45, 2.75) is 12.5 Å². The van der Waals surface area contributed by atoms with Gasteiger partial charge in [0.05, 0.1) is 35.3 Å². The summed E-state index contributed by atoms with van der Waals surface area (Å²) >= 11 is 0. The fraction of sp³-hybridized carbons (Fsp3) is 0.308. The number of anilines is 1. The van der Waals surface area contributed by atoms with Crippen molar-refractivity contribution >= 4 is 15.5 Å². The zero-order chi connectivity index (χ0) is 13.3. The average molecular weight is 277 g/mol. The maximum absolute atomic E-state index is 11.4. The molecule has 100 valence electrons. The summed E-state index contributed by atoms with van der Waals surface area (Å²) in [5.74, 6) is 0.487. The number of nitrogens with zero attached hydrogens (tertiary/aromatic N) is 2. The van der Waals surface area contributed by atoms with Crippen molar-refractivity contribution in [1.29, 1.82) is 0 Å². The summed E-state index contributed by atoms with van der Waals surface area (Å²) < 4.78 is 24.6. The summed E-state index contributed by atoms with van der Waals surface area (Å²) in [5, 5.41) is 7.49. The second-order valence-corrected chi connectivity index (χ2v) is 6.98. The molecule has 0 amide bonds. The number of hydrogen-bond donors (Lipinski definition) is 1. The molecular weight excluding hydrogens is 262 g/mol. The molecule has 19 heavy (non-hydrogen) atoms. The van der Waals surface area contributed by atoms with E-state index in [1.807, 2.05) is 36.5 Å². The van der Waals surface area contributed by atoms with E-state index in [0.29, 0.717) is 6.42 Å². The highest BCUT2D eigenvalue weighted by atomic mass is 32.2. The maximum Gasteiger partial charge on any atom is 0.152 e. The van der Waals surface area contributed by atoms with Crippen molar-refractivity contribution in [3.8, 4) is 5.69 Å². The van der Waals surface area contributed by atoms with Crippen LogP contribution in [-0.2, 0) is 9.84 Å². The molecular formula is C13H15N3O2S. The van der Waals surface area contributed by atoms with Gasteiger partial charge in [-0.25, -0.2) is 13.1 Å². The summed E-state index contributed by atoms with van der Waals surface area (Å²) in [6.07, 6.45) is 4.26. The number of sulfone groups is 1. The van der Waals surface area contributed by atoms with Crippen molar-refractivity contribution in [2.75, 3.05) is 16.8 Å². The SMILES string of the molecule is O=S1(=O)CCC(Nc2cnn(-c3ccccc3)c2)C1. The molecule has 3 rings (SSSR count). The Morgan fingerprint density at radius 1 is 1.26 bits per heavy atom. The van der Waals surface area contributed by atoms with Crippen LogP contribution in [0.4, 0.5) is 5.69 Å². The van der Waals surface area contributed by atoms with Crippen LogP contribution < -0.4 is 5.32 Å². The number of hydrogen-bond acceptors (Lipinski definition) is 4. The van der Waals surface area contributed by atoms with Crippen LogP contribution in [0.3, 0.4) is 0 Å². The van der Waals surface area contributed by atoms with Crippen LogP contribution in [0.2, 0.25) is 0 Å². The van der Waals surface area contributed by atoms with Crippen molar-refractivity contribution in [2.24, 2.45) is 0 Å². The van der Waals surface area contributed by atoms with E-state index < -0.39 is 9.84 Å². The van der Waals surface area contributed by atoms with E-state index in [-0.39, 0.29) is 17.5 Å². The zero-order valence-corrected chi connectivity index (χ0v) is 11.2. The molecule has 1 unspecified atom stereocenters. The third kappa shape index (κ3) is 2.78. The molecule has 1 aliphatic heterocycles. The first-order chi connectivity index (χ1) is 9.12. The quantitative estimate of drug-likeness (QED) is 0.923. The van der Waals surface area contributed by atoms with Crippen molar-refractivity contribution < 1.29 is 8.42 Å². The van der Waals surface area contributed by atoms with Gasteiger partial charge in [0.1, 0.15) is 0 Å². The molecule has 1 atom stereocenters. The first kappa shape index (κ1) is 12.2. The van der Waals surface area contributed by atoms with Gasteiger partial charge < -0.3 is 5.32 Å². The first-order valence-electron chi connectivity index (χ1n) is 6.19. The zero-order valence-electron chi connectivity index (χ0n) is 10.4. The lowest BCUT2D eigenvalue weighted by molar-refractivity contribution is 0.602. The van der Waals surface area contributed by atoms with Crippen molar-refractivity contribution in [3.63, 3.8) is 0 Å². The molecule has 1 aliphatic rings. The van der Waals surface area contributed by atoms with Crippen LogP contribution in [0.15, 0.2) is 42.7 Å². The minimum atomic E-state index is -2.85. The molecule has 6 heteroatoms. The molecule has 1 fully saturated rings. The van der Waals surface area contributed by atoms with E-state index in [4.69, 9.17) is 0 Å². The Kier molecular flexibility index (Phi) is 3.02. The lowest BCUT2D eigenvalue weighted by atomic mass is 10.2. The number of para-hydroxylation sites is 1. The normalized spacial score (nSPS) is 21.4. The van der Waals surface area contributed by atoms with E-state index in [1.165, 1.54) is 0 Å². The van der Waals surface area contributed by atoms with E-state index in [0.717, 1.165) is 11.4 Å². The molecule has 2 aromatic rings. The van der Waals surface area contributed by atoms with E-state index in [1.54, 1.807) is 10.9 Å². The van der Waals surface area contributed by atoms with Crippen LogP contribution in [0.25, 0.3) is 5.69 Å². The number of aromatic nitrogens is 2. The van der Waals surface area contributed by atoms with Crippen molar-refractivity contribution in [1.82, 2.24) is 9.78 Å². The molecule has 1 saturated heterocycles. The molecule has 0 aliphatic carbocycles. The topological polar surface area (TPSA) is 64.0 Å². The summed E-state index contributed by atoms with van der Waals surface area (Å²) in [4.78, 5) is 0. The monoisotopic (exact) mass is 277 g/mol. The highest BCUT2D eigenvalue weighted by Crippen LogP contribution is 2.18. The molecule has 0 radical (unpaired) electrons. The van der Waals surface area contributed by atoms with Crippen LogP contribution in [0, 0.1) is 0 Å². The molecule has 0 saturated carbocycles. The van der Waals surface area contributed by atoms with Gasteiger partial charge in [0.2, 0.25) is 0 Å². The highest BCUT2D eigenvalue weighted by Gasteiger charge is 2.27. The molecule has 1 aromatic heterocycles. The minimum Gasteiger partial charge on any atom is -0.379 e. The van der Waals surface area contributed by atoms with Crippen LogP contribution in [0.5, 0.6) is 0 Å². The third-order valence-corrected chi connectivity index (χ3v) is 4.97. The fourth-order valence-corrected chi connectivity index (χ4v) is 3.94. The number of benzene rings is 1. The second kappa shape index (κ2) is 4.70. The largest absolute Gasteiger partial charge is 0.379 e. The summed E-state index contributed by atoms with van der Waals surface area (Å²) in [6, 6.07) is 9.79. The summed E-state index contributed by atoms with van der Waals surface area (Å²) in [7, 11) is -2.85. The molecule has 2 heterocycles. The van der Waals surface area contributed by atoms with Gasteiger partial charge in [-0.3, -0.25) is 0 Å². The predicted molar refractivity (Wildman–Crippen MR) is 74.2 cm³/mol. The number of rotatable bonds is 3. The summed E-state index contributed by atoms with van der Waals surface area (Å²) in [6.45, 7) is 0. The van der Waals surface area contributed by atoms with Gasteiger partial charge >= 0.3 is 0 Å².